The Morgan fingerprint density at radius 1 is 1.43 bits per heavy atom. The first kappa shape index (κ1) is 14.5. The molecule has 1 aliphatic carbocycles. The first-order valence-electron chi connectivity index (χ1n) is 7.54. The third-order valence-corrected chi connectivity index (χ3v) is 5.39. The van der Waals surface area contributed by atoms with Crippen molar-refractivity contribution in [2.45, 2.75) is 30.8 Å². The van der Waals surface area contributed by atoms with E-state index in [0.717, 1.165) is 40.4 Å². The summed E-state index contributed by atoms with van der Waals surface area (Å²) in [6.45, 7) is 0. The monoisotopic (exact) mass is 332 g/mol. The Morgan fingerprint density at radius 3 is 3.17 bits per heavy atom. The molecule has 23 heavy (non-hydrogen) atoms. The zero-order valence-corrected chi connectivity index (χ0v) is 13.5. The van der Waals surface area contributed by atoms with E-state index in [2.05, 4.69) is 15.6 Å². The Labute approximate surface area is 136 Å². The Balaban J connectivity index is 1.51. The first-order valence-corrected chi connectivity index (χ1v) is 8.69. The molecule has 0 spiro atoms. The van der Waals surface area contributed by atoms with E-state index >= 15 is 0 Å². The van der Waals surface area contributed by atoms with Gasteiger partial charge in [-0.15, -0.1) is 0 Å². The second kappa shape index (κ2) is 5.52. The average Bonchev–Trinajstić information content (AvgIpc) is 3.13. The van der Waals surface area contributed by atoms with Crippen LogP contribution in [-0.4, -0.2) is 20.8 Å². The Morgan fingerprint density at radius 2 is 2.30 bits per heavy atom. The van der Waals surface area contributed by atoms with Gasteiger partial charge < -0.3 is 4.52 Å². The lowest BCUT2D eigenvalue weighted by molar-refractivity contribution is -0.120. The van der Waals surface area contributed by atoms with Gasteiger partial charge in [0.1, 0.15) is 0 Å². The highest BCUT2D eigenvalue weighted by molar-refractivity contribution is 7.98. The topological polar surface area (TPSA) is 90.0 Å². The van der Waals surface area contributed by atoms with E-state index in [1.54, 1.807) is 24.9 Å². The molecule has 0 radical (unpaired) electrons. The minimum Gasteiger partial charge on any atom is -0.338 e. The number of carbonyl (C=O) groups excluding carboxylic acids is 1. The molecule has 0 aromatic carbocycles. The molecule has 0 saturated heterocycles. The van der Waals surface area contributed by atoms with Gasteiger partial charge in [-0.05, 0) is 24.8 Å². The van der Waals surface area contributed by atoms with E-state index in [9.17, 15) is 9.59 Å². The Kier molecular flexibility index (Phi) is 3.48. The maximum atomic E-state index is 12.5. The molecule has 1 N–H and O–H groups in total. The molecule has 1 atom stereocenters. The van der Waals surface area contributed by atoms with Crippen LogP contribution in [-0.2, 0) is 36.2 Å². The van der Waals surface area contributed by atoms with Crippen LogP contribution in [0, 0.1) is 5.92 Å². The van der Waals surface area contributed by atoms with Crippen LogP contribution in [0.2, 0.25) is 0 Å². The van der Waals surface area contributed by atoms with Crippen molar-refractivity contribution < 1.29 is 9.32 Å². The van der Waals surface area contributed by atoms with Gasteiger partial charge in [0.15, 0.2) is 0 Å². The predicted octanol–water partition coefficient (Wildman–Crippen LogP) is 1.26. The molecule has 0 saturated carbocycles. The van der Waals surface area contributed by atoms with Gasteiger partial charge in [-0.25, -0.2) is 4.68 Å². The minimum atomic E-state index is -0.175. The van der Waals surface area contributed by atoms with Crippen LogP contribution in [0.15, 0.2) is 15.4 Å². The van der Waals surface area contributed by atoms with Gasteiger partial charge in [0, 0.05) is 30.5 Å². The van der Waals surface area contributed by atoms with Crippen LogP contribution in [0.1, 0.15) is 28.9 Å². The zero-order chi connectivity index (χ0) is 16.0. The van der Waals surface area contributed by atoms with Crippen LogP contribution in [0.3, 0.4) is 0 Å². The standard InChI is InChI=1S/C15H16N4O3S/c1-19-13(20)5-9-4-8(2-3-11(9)17-19)14(21)16-15-10-6-23-7-12(10)18-22-15/h5,8H,2-4,6-7H2,1H3,(H,16,21). The number of amides is 1. The third-order valence-electron chi connectivity index (χ3n) is 4.42. The summed E-state index contributed by atoms with van der Waals surface area (Å²) in [6, 6.07) is 1.59. The van der Waals surface area contributed by atoms with Crippen LogP contribution >= 0.6 is 11.8 Å². The summed E-state index contributed by atoms with van der Waals surface area (Å²) in [5.41, 5.74) is 3.56. The number of carbonyl (C=O) groups is 1. The summed E-state index contributed by atoms with van der Waals surface area (Å²) in [5, 5.41) is 11.1. The van der Waals surface area contributed by atoms with Gasteiger partial charge in [-0.3, -0.25) is 14.9 Å². The van der Waals surface area contributed by atoms with Crippen molar-refractivity contribution in [2.24, 2.45) is 13.0 Å². The summed E-state index contributed by atoms with van der Waals surface area (Å²) >= 11 is 1.76. The van der Waals surface area contributed by atoms with Gasteiger partial charge >= 0.3 is 0 Å². The van der Waals surface area contributed by atoms with E-state index in [1.165, 1.54) is 4.68 Å². The fourth-order valence-electron chi connectivity index (χ4n) is 3.08. The maximum Gasteiger partial charge on any atom is 0.266 e. The SMILES string of the molecule is Cn1nc2c(cc1=O)CC(C(=O)Nc1onc3c1CSC3)CC2. The summed E-state index contributed by atoms with van der Waals surface area (Å²) in [7, 11) is 1.64. The normalized spacial score (nSPS) is 19.3. The van der Waals surface area contributed by atoms with Gasteiger partial charge in [-0.2, -0.15) is 16.9 Å². The molecule has 2 aromatic rings. The number of thioether (sulfide) groups is 1. The van der Waals surface area contributed by atoms with Gasteiger partial charge in [0.25, 0.3) is 5.56 Å². The van der Waals surface area contributed by atoms with Crippen molar-refractivity contribution in [3.8, 4) is 0 Å². The maximum absolute atomic E-state index is 12.5. The van der Waals surface area contributed by atoms with Crippen molar-refractivity contribution in [2.75, 3.05) is 5.32 Å². The number of fused-ring (bicyclic) bond motifs is 2. The molecule has 3 heterocycles. The number of rotatable bonds is 2. The third kappa shape index (κ3) is 2.56. The lowest BCUT2D eigenvalue weighted by Gasteiger charge is -2.22. The molecular formula is C15H16N4O3S. The van der Waals surface area contributed by atoms with Gasteiger partial charge in [0.05, 0.1) is 17.0 Å². The molecule has 1 unspecified atom stereocenters. The molecule has 7 nitrogen and oxygen atoms in total. The Bertz CT molecular complexity index is 842. The van der Waals surface area contributed by atoms with E-state index in [0.29, 0.717) is 18.7 Å². The largest absolute Gasteiger partial charge is 0.338 e. The lowest BCUT2D eigenvalue weighted by atomic mass is 9.86. The molecule has 120 valence electrons. The highest BCUT2D eigenvalue weighted by Gasteiger charge is 2.29. The van der Waals surface area contributed by atoms with E-state index in [1.807, 2.05) is 0 Å². The van der Waals surface area contributed by atoms with Crippen molar-refractivity contribution in [1.82, 2.24) is 14.9 Å². The number of nitrogens with one attached hydrogen (secondary N) is 1. The molecular weight excluding hydrogens is 316 g/mol. The van der Waals surface area contributed by atoms with Crippen LogP contribution in [0.4, 0.5) is 5.88 Å². The molecule has 2 aromatic heterocycles. The van der Waals surface area contributed by atoms with E-state index in [-0.39, 0.29) is 17.4 Å². The minimum absolute atomic E-state index is 0.0767. The van der Waals surface area contributed by atoms with E-state index < -0.39 is 0 Å². The molecule has 2 aliphatic rings. The molecule has 8 heteroatoms. The van der Waals surface area contributed by atoms with Crippen molar-refractivity contribution in [3.63, 3.8) is 0 Å². The van der Waals surface area contributed by atoms with Gasteiger partial charge in [-0.1, -0.05) is 5.16 Å². The summed E-state index contributed by atoms with van der Waals surface area (Å²) in [4.78, 5) is 24.2. The highest BCUT2D eigenvalue weighted by atomic mass is 32.2. The molecule has 0 bridgehead atoms. The van der Waals surface area contributed by atoms with Crippen LogP contribution in [0.25, 0.3) is 0 Å². The zero-order valence-electron chi connectivity index (χ0n) is 12.7. The molecule has 0 fully saturated rings. The number of anilines is 1. The second-order valence-electron chi connectivity index (χ2n) is 5.94. The first-order chi connectivity index (χ1) is 11.1. The highest BCUT2D eigenvalue weighted by Crippen LogP contribution is 2.35. The number of nitrogens with zero attached hydrogens (tertiary/aromatic N) is 3. The number of aryl methyl sites for hydroxylation is 2. The molecule has 4 rings (SSSR count). The summed E-state index contributed by atoms with van der Waals surface area (Å²) in [5.74, 6) is 1.88. The lowest BCUT2D eigenvalue weighted by Crippen LogP contribution is -2.31. The predicted molar refractivity (Wildman–Crippen MR) is 85.1 cm³/mol. The van der Waals surface area contributed by atoms with E-state index in [4.69, 9.17) is 4.52 Å². The molecule has 1 aliphatic heterocycles. The fraction of sp³-hybridized carbons (Fsp3) is 0.467. The smallest absolute Gasteiger partial charge is 0.266 e. The second-order valence-corrected chi connectivity index (χ2v) is 6.92. The van der Waals surface area contributed by atoms with Gasteiger partial charge in [0.2, 0.25) is 11.8 Å². The van der Waals surface area contributed by atoms with Crippen molar-refractivity contribution in [3.05, 3.63) is 38.9 Å². The van der Waals surface area contributed by atoms with Crippen molar-refractivity contribution in [1.29, 1.82) is 0 Å². The van der Waals surface area contributed by atoms with Crippen molar-refractivity contribution >= 4 is 23.6 Å². The number of hydrogen-bond acceptors (Lipinski definition) is 6. The van der Waals surface area contributed by atoms with Crippen LogP contribution in [0.5, 0.6) is 0 Å². The van der Waals surface area contributed by atoms with Crippen LogP contribution < -0.4 is 10.9 Å². The fourth-order valence-corrected chi connectivity index (χ4v) is 4.10. The number of hydrogen-bond donors (Lipinski definition) is 1. The summed E-state index contributed by atoms with van der Waals surface area (Å²) < 4.78 is 6.58. The number of aromatic nitrogens is 3. The molecule has 1 amide bonds. The summed E-state index contributed by atoms with van der Waals surface area (Å²) in [6.07, 6.45) is 1.95. The quantitative estimate of drug-likeness (QED) is 0.890. The average molecular weight is 332 g/mol. The Hall–Kier alpha value is -2.09.